The van der Waals surface area contributed by atoms with Gasteiger partial charge in [0.15, 0.2) is 0 Å². The van der Waals surface area contributed by atoms with Gasteiger partial charge >= 0.3 is 6.18 Å². The molecule has 1 aromatic rings. The van der Waals surface area contributed by atoms with E-state index in [2.05, 4.69) is 13.2 Å². The first-order valence-electron chi connectivity index (χ1n) is 5.55. The van der Waals surface area contributed by atoms with Gasteiger partial charge in [-0.15, -0.1) is 6.58 Å². The third kappa shape index (κ3) is 4.28. The van der Waals surface area contributed by atoms with E-state index >= 15 is 0 Å². The van der Waals surface area contributed by atoms with Gasteiger partial charge in [0, 0.05) is 0 Å². The van der Waals surface area contributed by atoms with Crippen molar-refractivity contribution < 1.29 is 17.9 Å². The van der Waals surface area contributed by atoms with Crippen LogP contribution >= 0.6 is 0 Å². The molecule has 1 rings (SSSR count). The highest BCUT2D eigenvalue weighted by Crippen LogP contribution is 2.32. The van der Waals surface area contributed by atoms with Gasteiger partial charge in [-0.1, -0.05) is 24.8 Å². The first kappa shape index (κ1) is 14.4. The quantitative estimate of drug-likeness (QED) is 0.533. The summed E-state index contributed by atoms with van der Waals surface area (Å²) >= 11 is 0. The molecule has 0 bridgehead atoms. The number of alkyl halides is 3. The van der Waals surface area contributed by atoms with Crippen molar-refractivity contribution in [1.29, 1.82) is 0 Å². The van der Waals surface area contributed by atoms with Gasteiger partial charge in [0.25, 0.3) is 0 Å². The Morgan fingerprint density at radius 1 is 1.22 bits per heavy atom. The Labute approximate surface area is 105 Å². The zero-order valence-corrected chi connectivity index (χ0v) is 9.96. The Balaban J connectivity index is 2.57. The molecule has 0 spiro atoms. The molecule has 0 aromatic heterocycles. The molecule has 0 amide bonds. The summed E-state index contributed by atoms with van der Waals surface area (Å²) < 4.78 is 42.5. The highest BCUT2D eigenvalue weighted by molar-refractivity contribution is 5.67. The average molecular weight is 256 g/mol. The van der Waals surface area contributed by atoms with Gasteiger partial charge in [0.05, 0.1) is 12.2 Å². The van der Waals surface area contributed by atoms with E-state index < -0.39 is 11.7 Å². The van der Waals surface area contributed by atoms with Crippen molar-refractivity contribution in [1.82, 2.24) is 0 Å². The fraction of sp³-hybridized carbons (Fsp3) is 0.286. The summed E-state index contributed by atoms with van der Waals surface area (Å²) in [5, 5.41) is 0. The van der Waals surface area contributed by atoms with E-state index in [1.807, 2.05) is 0 Å². The Morgan fingerprint density at radius 2 is 1.83 bits per heavy atom. The number of rotatable bonds is 6. The van der Waals surface area contributed by atoms with E-state index in [4.69, 9.17) is 4.74 Å². The molecule has 0 heterocycles. The lowest BCUT2D eigenvalue weighted by Crippen LogP contribution is -2.09. The monoisotopic (exact) mass is 256 g/mol. The minimum Gasteiger partial charge on any atom is -0.494 e. The van der Waals surface area contributed by atoms with Crippen LogP contribution in [0.2, 0.25) is 0 Å². The second-order valence-corrected chi connectivity index (χ2v) is 3.78. The first-order valence-corrected chi connectivity index (χ1v) is 5.55. The third-order valence-corrected chi connectivity index (χ3v) is 2.37. The highest BCUT2D eigenvalue weighted by atomic mass is 19.4. The highest BCUT2D eigenvalue weighted by Gasteiger charge is 2.32. The normalized spacial score (nSPS) is 11.1. The maximum Gasteiger partial charge on any atom is 0.416 e. The van der Waals surface area contributed by atoms with E-state index in [9.17, 15) is 13.2 Å². The summed E-state index contributed by atoms with van der Waals surface area (Å²) in [5.74, 6) is 0.554. The Kier molecular flexibility index (Phi) is 5.01. The van der Waals surface area contributed by atoms with Crippen molar-refractivity contribution in [3.63, 3.8) is 0 Å². The lowest BCUT2D eigenvalue weighted by Gasteiger charge is -2.11. The van der Waals surface area contributed by atoms with E-state index in [-0.39, 0.29) is 5.56 Å². The molecule has 98 valence electrons. The van der Waals surface area contributed by atoms with Crippen LogP contribution in [-0.2, 0) is 0 Å². The lowest BCUT2D eigenvalue weighted by atomic mass is 10.1. The summed E-state index contributed by atoms with van der Waals surface area (Å²) in [7, 11) is 0. The summed E-state index contributed by atoms with van der Waals surface area (Å²) in [5.41, 5.74) is -0.790. The summed E-state index contributed by atoms with van der Waals surface area (Å²) in [6.45, 7) is 7.14. The van der Waals surface area contributed by atoms with E-state index in [1.165, 1.54) is 24.3 Å². The zero-order chi connectivity index (χ0) is 13.6. The van der Waals surface area contributed by atoms with Crippen LogP contribution in [0.4, 0.5) is 13.2 Å². The molecular weight excluding hydrogens is 241 g/mol. The summed E-state index contributed by atoms with van der Waals surface area (Å²) in [6.07, 6.45) is -0.921. The fourth-order valence-electron chi connectivity index (χ4n) is 1.33. The number of halogens is 3. The SMILES string of the molecule is C=CCCCOc1ccc(C(=C)C(F)(F)F)cc1. The predicted octanol–water partition coefficient (Wildman–Crippen LogP) is 4.61. The molecule has 0 aliphatic heterocycles. The van der Waals surface area contributed by atoms with Crippen molar-refractivity contribution in [2.24, 2.45) is 0 Å². The van der Waals surface area contributed by atoms with E-state index in [1.54, 1.807) is 6.08 Å². The van der Waals surface area contributed by atoms with Crippen LogP contribution < -0.4 is 4.74 Å². The molecule has 0 saturated carbocycles. The average Bonchev–Trinajstić information content (AvgIpc) is 2.33. The Bertz CT molecular complexity index is 404. The van der Waals surface area contributed by atoms with Crippen molar-refractivity contribution in [3.05, 3.63) is 49.1 Å². The second-order valence-electron chi connectivity index (χ2n) is 3.78. The van der Waals surface area contributed by atoms with Gasteiger partial charge < -0.3 is 4.74 Å². The number of benzene rings is 1. The summed E-state index contributed by atoms with van der Waals surface area (Å²) in [6, 6.07) is 5.75. The number of hydrogen-bond donors (Lipinski definition) is 0. The third-order valence-electron chi connectivity index (χ3n) is 2.37. The topological polar surface area (TPSA) is 9.23 Å². The second kappa shape index (κ2) is 6.28. The van der Waals surface area contributed by atoms with Crippen LogP contribution in [0.25, 0.3) is 5.57 Å². The molecule has 0 aliphatic carbocycles. The van der Waals surface area contributed by atoms with Crippen LogP contribution in [0.5, 0.6) is 5.75 Å². The minimum absolute atomic E-state index is 0.0564. The van der Waals surface area contributed by atoms with Crippen LogP contribution in [-0.4, -0.2) is 12.8 Å². The standard InChI is InChI=1S/C14H15F3O/c1-3-4-5-10-18-13-8-6-12(7-9-13)11(2)14(15,16)17/h3,6-9H,1-2,4-5,10H2. The molecule has 18 heavy (non-hydrogen) atoms. The van der Waals surface area contributed by atoms with E-state index in [0.717, 1.165) is 12.8 Å². The van der Waals surface area contributed by atoms with Crippen LogP contribution in [0, 0.1) is 0 Å². The number of unbranched alkanes of at least 4 members (excludes halogenated alkanes) is 1. The Hall–Kier alpha value is -1.71. The van der Waals surface area contributed by atoms with Crippen molar-refractivity contribution >= 4 is 5.57 Å². The predicted molar refractivity (Wildman–Crippen MR) is 66.5 cm³/mol. The van der Waals surface area contributed by atoms with Crippen LogP contribution in [0.1, 0.15) is 18.4 Å². The maximum atomic E-state index is 12.4. The van der Waals surface area contributed by atoms with Crippen molar-refractivity contribution in [2.45, 2.75) is 19.0 Å². The van der Waals surface area contributed by atoms with Gasteiger partial charge in [-0.05, 0) is 30.5 Å². The molecular formula is C14H15F3O. The molecule has 0 unspecified atom stereocenters. The molecule has 0 saturated heterocycles. The lowest BCUT2D eigenvalue weighted by molar-refractivity contribution is -0.0686. The smallest absolute Gasteiger partial charge is 0.416 e. The van der Waals surface area contributed by atoms with Gasteiger partial charge in [-0.2, -0.15) is 13.2 Å². The Morgan fingerprint density at radius 3 is 2.33 bits per heavy atom. The van der Waals surface area contributed by atoms with Crippen molar-refractivity contribution in [2.75, 3.05) is 6.61 Å². The molecule has 0 N–H and O–H groups in total. The van der Waals surface area contributed by atoms with Crippen LogP contribution in [0.3, 0.4) is 0 Å². The molecule has 0 atom stereocenters. The molecule has 0 fully saturated rings. The fourth-order valence-corrected chi connectivity index (χ4v) is 1.33. The van der Waals surface area contributed by atoms with Gasteiger partial charge in [0.2, 0.25) is 0 Å². The van der Waals surface area contributed by atoms with Gasteiger partial charge in [-0.25, -0.2) is 0 Å². The maximum absolute atomic E-state index is 12.4. The number of allylic oxidation sites excluding steroid dienone is 2. The molecule has 1 aromatic carbocycles. The van der Waals surface area contributed by atoms with E-state index in [0.29, 0.717) is 12.4 Å². The number of hydrogen-bond acceptors (Lipinski definition) is 1. The zero-order valence-electron chi connectivity index (χ0n) is 9.96. The van der Waals surface area contributed by atoms with Gasteiger partial charge in [0.1, 0.15) is 5.75 Å². The van der Waals surface area contributed by atoms with Gasteiger partial charge in [-0.3, -0.25) is 0 Å². The number of ether oxygens (including phenoxy) is 1. The largest absolute Gasteiger partial charge is 0.494 e. The van der Waals surface area contributed by atoms with Crippen LogP contribution in [0.15, 0.2) is 43.5 Å². The first-order chi connectivity index (χ1) is 8.45. The minimum atomic E-state index is -4.40. The molecule has 0 aliphatic rings. The molecule has 1 nitrogen and oxygen atoms in total. The molecule has 0 radical (unpaired) electrons. The van der Waals surface area contributed by atoms with Crippen molar-refractivity contribution in [3.8, 4) is 5.75 Å². The summed E-state index contributed by atoms with van der Waals surface area (Å²) in [4.78, 5) is 0. The molecule has 4 heteroatoms.